The van der Waals surface area contributed by atoms with Gasteiger partial charge in [-0.15, -0.1) is 0 Å². The lowest BCUT2D eigenvalue weighted by molar-refractivity contribution is 0.365. The molecule has 0 heterocycles. The van der Waals surface area contributed by atoms with E-state index in [1.54, 1.807) is 0 Å². The van der Waals surface area contributed by atoms with Crippen molar-refractivity contribution < 1.29 is 14.2 Å². The first-order valence-electron chi connectivity index (χ1n) is 3.55. The van der Waals surface area contributed by atoms with Crippen molar-refractivity contribution in [3.63, 3.8) is 0 Å². The summed E-state index contributed by atoms with van der Waals surface area (Å²) in [6, 6.07) is 1.08. The molecule has 3 N–H and O–H groups in total. The van der Waals surface area contributed by atoms with Crippen LogP contribution < -0.4 is 10.5 Å². The lowest BCUT2D eigenvalue weighted by Gasteiger charge is -2.10. The Morgan fingerprint density at radius 1 is 1.69 bits per heavy atom. The van der Waals surface area contributed by atoms with Crippen molar-refractivity contribution in [2.75, 3.05) is 7.11 Å². The number of methoxy groups -OCH3 is 1. The summed E-state index contributed by atoms with van der Waals surface area (Å²) in [5.74, 6) is -0.836. The van der Waals surface area contributed by atoms with Gasteiger partial charge in [-0.25, -0.2) is 4.39 Å². The SMILES string of the molecule is COc1c(O)cc(Cl)c(F)c1CN. The number of ether oxygens (including phenoxy) is 1. The van der Waals surface area contributed by atoms with Gasteiger partial charge in [-0.05, 0) is 0 Å². The van der Waals surface area contributed by atoms with Gasteiger partial charge in [-0.2, -0.15) is 0 Å². The number of halogens is 2. The summed E-state index contributed by atoms with van der Waals surface area (Å²) >= 11 is 5.48. The Morgan fingerprint density at radius 3 is 2.77 bits per heavy atom. The van der Waals surface area contributed by atoms with Gasteiger partial charge in [-0.3, -0.25) is 0 Å². The molecule has 3 nitrogen and oxygen atoms in total. The maximum absolute atomic E-state index is 13.2. The second kappa shape index (κ2) is 3.81. The number of benzene rings is 1. The number of hydrogen-bond acceptors (Lipinski definition) is 3. The summed E-state index contributed by atoms with van der Waals surface area (Å²) in [6.07, 6.45) is 0. The normalized spacial score (nSPS) is 10.2. The van der Waals surface area contributed by atoms with E-state index in [4.69, 9.17) is 22.1 Å². The van der Waals surface area contributed by atoms with Crippen molar-refractivity contribution in [2.24, 2.45) is 5.73 Å². The summed E-state index contributed by atoms with van der Waals surface area (Å²) < 4.78 is 18.0. The molecular weight excluding hydrogens is 197 g/mol. The number of nitrogens with two attached hydrogens (primary N) is 1. The highest BCUT2D eigenvalue weighted by Gasteiger charge is 2.16. The molecule has 5 heteroatoms. The number of aromatic hydroxyl groups is 1. The molecule has 0 aliphatic carbocycles. The molecule has 1 aromatic carbocycles. The van der Waals surface area contributed by atoms with E-state index >= 15 is 0 Å². The lowest BCUT2D eigenvalue weighted by atomic mass is 10.1. The van der Waals surface area contributed by atoms with E-state index in [0.717, 1.165) is 6.07 Å². The fourth-order valence-electron chi connectivity index (χ4n) is 1.06. The van der Waals surface area contributed by atoms with Crippen molar-refractivity contribution in [3.05, 3.63) is 22.5 Å². The van der Waals surface area contributed by atoms with Crippen LogP contribution in [0.15, 0.2) is 6.07 Å². The quantitative estimate of drug-likeness (QED) is 0.772. The third kappa shape index (κ3) is 1.68. The fraction of sp³-hybridized carbons (Fsp3) is 0.250. The molecule has 1 rings (SSSR count). The maximum Gasteiger partial charge on any atom is 0.167 e. The highest BCUT2D eigenvalue weighted by molar-refractivity contribution is 6.31. The van der Waals surface area contributed by atoms with Crippen molar-refractivity contribution in [1.82, 2.24) is 0 Å². The molecular formula is C8H9ClFNO2. The summed E-state index contributed by atoms with van der Waals surface area (Å²) in [7, 11) is 1.32. The summed E-state index contributed by atoms with van der Waals surface area (Å²) in [4.78, 5) is 0. The summed E-state index contributed by atoms with van der Waals surface area (Å²) in [6.45, 7) is -0.0802. The van der Waals surface area contributed by atoms with Crippen LogP contribution in [0, 0.1) is 5.82 Å². The Balaban J connectivity index is 3.41. The van der Waals surface area contributed by atoms with Crippen molar-refractivity contribution in [3.8, 4) is 11.5 Å². The number of phenols is 1. The van der Waals surface area contributed by atoms with Crippen molar-refractivity contribution >= 4 is 11.6 Å². The molecule has 0 spiro atoms. The van der Waals surface area contributed by atoms with Gasteiger partial charge in [0.2, 0.25) is 0 Å². The van der Waals surface area contributed by atoms with Crippen LogP contribution in [0.4, 0.5) is 4.39 Å². The third-order valence-corrected chi connectivity index (χ3v) is 1.93. The van der Waals surface area contributed by atoms with E-state index in [-0.39, 0.29) is 28.6 Å². The Kier molecular flexibility index (Phi) is 2.95. The average Bonchev–Trinajstić information content (AvgIpc) is 2.10. The predicted molar refractivity (Wildman–Crippen MR) is 47.5 cm³/mol. The molecule has 0 saturated carbocycles. The highest BCUT2D eigenvalue weighted by atomic mass is 35.5. The van der Waals surface area contributed by atoms with Crippen LogP contribution in [0.2, 0.25) is 5.02 Å². The highest BCUT2D eigenvalue weighted by Crippen LogP contribution is 2.35. The molecule has 0 atom stereocenters. The van der Waals surface area contributed by atoms with Gasteiger partial charge in [-0.1, -0.05) is 11.6 Å². The fourth-order valence-corrected chi connectivity index (χ4v) is 1.27. The topological polar surface area (TPSA) is 55.5 Å². The molecule has 1 aromatic rings. The van der Waals surface area contributed by atoms with E-state index in [1.807, 2.05) is 0 Å². The van der Waals surface area contributed by atoms with Gasteiger partial charge in [0.25, 0.3) is 0 Å². The molecule has 0 aromatic heterocycles. The Bertz CT molecular complexity index is 330. The zero-order valence-electron chi connectivity index (χ0n) is 6.97. The summed E-state index contributed by atoms with van der Waals surface area (Å²) in [5.41, 5.74) is 5.35. The molecule has 0 aliphatic rings. The lowest BCUT2D eigenvalue weighted by Crippen LogP contribution is -2.03. The van der Waals surface area contributed by atoms with Gasteiger partial charge < -0.3 is 15.6 Å². The number of phenolic OH excluding ortho intramolecular Hbond substituents is 1. The number of hydrogen-bond donors (Lipinski definition) is 2. The van der Waals surface area contributed by atoms with Gasteiger partial charge in [0.1, 0.15) is 5.82 Å². The van der Waals surface area contributed by atoms with Crippen LogP contribution in [0.1, 0.15) is 5.56 Å². The molecule has 0 saturated heterocycles. The van der Waals surface area contributed by atoms with E-state index in [0.29, 0.717) is 0 Å². The first-order chi connectivity index (χ1) is 6.11. The second-order valence-electron chi connectivity index (χ2n) is 2.41. The molecule has 13 heavy (non-hydrogen) atoms. The molecule has 0 bridgehead atoms. The van der Waals surface area contributed by atoms with E-state index in [9.17, 15) is 9.50 Å². The first kappa shape index (κ1) is 10.1. The molecule has 72 valence electrons. The minimum Gasteiger partial charge on any atom is -0.504 e. The monoisotopic (exact) mass is 205 g/mol. The minimum atomic E-state index is -0.654. The van der Waals surface area contributed by atoms with Crippen LogP contribution in [-0.2, 0) is 6.54 Å². The number of rotatable bonds is 2. The zero-order valence-corrected chi connectivity index (χ0v) is 7.73. The van der Waals surface area contributed by atoms with Gasteiger partial charge in [0.05, 0.1) is 12.1 Å². The minimum absolute atomic E-state index is 0.0319. The standard InChI is InChI=1S/C8H9ClFNO2/c1-13-8-4(3-11)7(10)5(9)2-6(8)12/h2,12H,3,11H2,1H3. The van der Waals surface area contributed by atoms with Crippen LogP contribution in [-0.4, -0.2) is 12.2 Å². The van der Waals surface area contributed by atoms with E-state index in [1.165, 1.54) is 7.11 Å². The van der Waals surface area contributed by atoms with E-state index < -0.39 is 5.82 Å². The summed E-state index contributed by atoms with van der Waals surface area (Å²) in [5, 5.41) is 9.13. The van der Waals surface area contributed by atoms with Gasteiger partial charge >= 0.3 is 0 Å². The maximum atomic E-state index is 13.2. The van der Waals surface area contributed by atoms with E-state index in [2.05, 4.69) is 0 Å². The second-order valence-corrected chi connectivity index (χ2v) is 2.81. The van der Waals surface area contributed by atoms with Crippen LogP contribution in [0.3, 0.4) is 0 Å². The molecule has 0 aliphatic heterocycles. The van der Waals surface area contributed by atoms with Gasteiger partial charge in [0.15, 0.2) is 11.5 Å². The van der Waals surface area contributed by atoms with Crippen molar-refractivity contribution in [2.45, 2.75) is 6.54 Å². The third-order valence-electron chi connectivity index (χ3n) is 1.65. The molecule has 0 unspecified atom stereocenters. The Labute approximate surface area is 79.9 Å². The van der Waals surface area contributed by atoms with Gasteiger partial charge in [0, 0.05) is 18.2 Å². The van der Waals surface area contributed by atoms with Crippen LogP contribution in [0.25, 0.3) is 0 Å². The molecule has 0 radical (unpaired) electrons. The van der Waals surface area contributed by atoms with Crippen molar-refractivity contribution in [1.29, 1.82) is 0 Å². The first-order valence-corrected chi connectivity index (χ1v) is 3.93. The molecule has 0 amide bonds. The van der Waals surface area contributed by atoms with Crippen LogP contribution >= 0.6 is 11.6 Å². The largest absolute Gasteiger partial charge is 0.504 e. The Hall–Kier alpha value is -1.00. The smallest absolute Gasteiger partial charge is 0.167 e. The van der Waals surface area contributed by atoms with Crippen LogP contribution in [0.5, 0.6) is 11.5 Å². The Morgan fingerprint density at radius 2 is 2.31 bits per heavy atom. The average molecular weight is 206 g/mol. The zero-order chi connectivity index (χ0) is 10.0. The molecule has 0 fully saturated rings. The predicted octanol–water partition coefficient (Wildman–Crippen LogP) is 1.65.